The standard InChI is InChI=1S/C22H25NO7S/c1-13-10-18(13)19-9-7-16(30-19)12-23(15-5-6-15)31(26,27)20-11-14(21(24)28-2)4-8-17(20)22(25)29-3/h4,7-9,11,13,15,18H,5-6,10,12H2,1-3H3. The van der Waals surface area contributed by atoms with Gasteiger partial charge in [-0.25, -0.2) is 18.0 Å². The number of furan rings is 1. The minimum absolute atomic E-state index is 0.0347. The number of ether oxygens (including phenoxy) is 2. The lowest BCUT2D eigenvalue weighted by atomic mass is 10.1. The zero-order chi connectivity index (χ0) is 22.3. The molecular weight excluding hydrogens is 422 g/mol. The number of hydrogen-bond donors (Lipinski definition) is 0. The fourth-order valence-corrected chi connectivity index (χ4v) is 5.57. The average molecular weight is 448 g/mol. The number of benzene rings is 1. The Morgan fingerprint density at radius 1 is 1.10 bits per heavy atom. The molecule has 2 atom stereocenters. The number of methoxy groups -OCH3 is 2. The van der Waals surface area contributed by atoms with Gasteiger partial charge >= 0.3 is 11.9 Å². The molecule has 2 saturated carbocycles. The Morgan fingerprint density at radius 3 is 2.35 bits per heavy atom. The molecule has 0 radical (unpaired) electrons. The summed E-state index contributed by atoms with van der Waals surface area (Å²) >= 11 is 0. The van der Waals surface area contributed by atoms with Crippen LogP contribution in [0, 0.1) is 5.92 Å². The second-order valence-corrected chi connectivity index (χ2v) is 9.96. The summed E-state index contributed by atoms with van der Waals surface area (Å²) < 4.78 is 44.0. The van der Waals surface area contributed by atoms with E-state index in [0.717, 1.165) is 25.0 Å². The second-order valence-electron chi connectivity index (χ2n) is 8.10. The van der Waals surface area contributed by atoms with E-state index in [9.17, 15) is 18.0 Å². The molecule has 2 aromatic rings. The molecule has 2 unspecified atom stereocenters. The van der Waals surface area contributed by atoms with Crippen LogP contribution in [0.4, 0.5) is 0 Å². The molecule has 0 amide bonds. The van der Waals surface area contributed by atoms with Crippen LogP contribution in [0.3, 0.4) is 0 Å². The summed E-state index contributed by atoms with van der Waals surface area (Å²) in [7, 11) is -1.75. The molecule has 0 saturated heterocycles. The molecule has 31 heavy (non-hydrogen) atoms. The first-order chi connectivity index (χ1) is 14.8. The molecule has 9 heteroatoms. The third-order valence-corrected chi connectivity index (χ3v) is 7.76. The number of hydrogen-bond acceptors (Lipinski definition) is 7. The fourth-order valence-electron chi connectivity index (χ4n) is 3.71. The summed E-state index contributed by atoms with van der Waals surface area (Å²) in [5, 5.41) is 0. The highest BCUT2D eigenvalue weighted by atomic mass is 32.2. The van der Waals surface area contributed by atoms with Crippen LogP contribution in [0.1, 0.15) is 64.3 Å². The molecule has 1 aromatic carbocycles. The van der Waals surface area contributed by atoms with Gasteiger partial charge in [-0.3, -0.25) is 0 Å². The van der Waals surface area contributed by atoms with Gasteiger partial charge in [-0.2, -0.15) is 4.31 Å². The number of carbonyl (C=O) groups is 2. The van der Waals surface area contributed by atoms with Gasteiger partial charge in [-0.05, 0) is 55.5 Å². The Bertz CT molecular complexity index is 1120. The van der Waals surface area contributed by atoms with Gasteiger partial charge in [0, 0.05) is 12.0 Å². The average Bonchev–Trinajstić information content (AvgIpc) is 3.69. The third-order valence-electron chi connectivity index (χ3n) is 5.82. The molecular formula is C22H25NO7S. The molecule has 4 rings (SSSR count). The van der Waals surface area contributed by atoms with Gasteiger partial charge in [0.25, 0.3) is 0 Å². The van der Waals surface area contributed by atoms with Gasteiger partial charge < -0.3 is 13.9 Å². The number of carbonyl (C=O) groups excluding carboxylic acids is 2. The molecule has 166 valence electrons. The van der Waals surface area contributed by atoms with E-state index in [4.69, 9.17) is 13.9 Å². The minimum Gasteiger partial charge on any atom is -0.465 e. The summed E-state index contributed by atoms with van der Waals surface area (Å²) in [6, 6.07) is 7.30. The van der Waals surface area contributed by atoms with E-state index in [1.165, 1.54) is 36.7 Å². The Morgan fingerprint density at radius 2 is 1.77 bits per heavy atom. The summed E-state index contributed by atoms with van der Waals surface area (Å²) in [6.07, 6.45) is 2.51. The maximum absolute atomic E-state index is 13.7. The van der Waals surface area contributed by atoms with Crippen molar-refractivity contribution in [2.75, 3.05) is 14.2 Å². The molecule has 0 N–H and O–H groups in total. The van der Waals surface area contributed by atoms with Crippen molar-refractivity contribution in [1.82, 2.24) is 4.31 Å². The molecule has 2 fully saturated rings. The van der Waals surface area contributed by atoms with E-state index in [1.54, 1.807) is 6.07 Å². The van der Waals surface area contributed by atoms with Crippen molar-refractivity contribution in [3.05, 3.63) is 53.0 Å². The predicted octanol–water partition coefficient (Wildman–Crippen LogP) is 3.33. The zero-order valence-corrected chi connectivity index (χ0v) is 18.5. The van der Waals surface area contributed by atoms with Crippen LogP contribution >= 0.6 is 0 Å². The largest absolute Gasteiger partial charge is 0.465 e. The summed E-state index contributed by atoms with van der Waals surface area (Å²) in [5.41, 5.74) is -0.0970. The van der Waals surface area contributed by atoms with E-state index < -0.39 is 22.0 Å². The summed E-state index contributed by atoms with van der Waals surface area (Å²) in [6.45, 7) is 2.20. The van der Waals surface area contributed by atoms with Crippen LogP contribution in [0.15, 0.2) is 39.6 Å². The molecule has 1 heterocycles. The topological polar surface area (TPSA) is 103 Å². The molecule has 2 aliphatic rings. The highest BCUT2D eigenvalue weighted by Crippen LogP contribution is 2.47. The van der Waals surface area contributed by atoms with Gasteiger partial charge in [0.1, 0.15) is 11.5 Å². The van der Waals surface area contributed by atoms with Gasteiger partial charge in [0.2, 0.25) is 10.0 Å². The van der Waals surface area contributed by atoms with Crippen molar-refractivity contribution in [3.63, 3.8) is 0 Å². The molecule has 2 aliphatic carbocycles. The quantitative estimate of drug-likeness (QED) is 0.572. The van der Waals surface area contributed by atoms with E-state index in [-0.39, 0.29) is 28.6 Å². The lowest BCUT2D eigenvalue weighted by Gasteiger charge is -2.22. The highest BCUT2D eigenvalue weighted by molar-refractivity contribution is 7.89. The monoisotopic (exact) mass is 447 g/mol. The first kappa shape index (κ1) is 21.6. The van der Waals surface area contributed by atoms with Crippen LogP contribution in [0.5, 0.6) is 0 Å². The van der Waals surface area contributed by atoms with Gasteiger partial charge in [-0.15, -0.1) is 0 Å². The number of nitrogens with zero attached hydrogens (tertiary/aromatic N) is 1. The van der Waals surface area contributed by atoms with E-state index in [2.05, 4.69) is 6.92 Å². The van der Waals surface area contributed by atoms with Crippen LogP contribution < -0.4 is 0 Å². The van der Waals surface area contributed by atoms with Crippen molar-refractivity contribution >= 4 is 22.0 Å². The van der Waals surface area contributed by atoms with Crippen LogP contribution in [0.2, 0.25) is 0 Å². The van der Waals surface area contributed by atoms with Crippen LogP contribution in [0.25, 0.3) is 0 Å². The Kier molecular flexibility index (Phi) is 5.65. The van der Waals surface area contributed by atoms with Gasteiger partial charge in [0.05, 0.1) is 36.8 Å². The van der Waals surface area contributed by atoms with Gasteiger partial charge in [0.15, 0.2) is 0 Å². The van der Waals surface area contributed by atoms with Crippen molar-refractivity contribution in [1.29, 1.82) is 0 Å². The normalized spacial score (nSPS) is 20.5. The Balaban J connectivity index is 1.71. The van der Waals surface area contributed by atoms with Crippen molar-refractivity contribution in [3.8, 4) is 0 Å². The maximum Gasteiger partial charge on any atom is 0.339 e. The minimum atomic E-state index is -4.13. The van der Waals surface area contributed by atoms with Gasteiger partial charge in [-0.1, -0.05) is 6.92 Å². The molecule has 0 bridgehead atoms. The predicted molar refractivity (Wildman–Crippen MR) is 110 cm³/mol. The molecule has 1 aromatic heterocycles. The zero-order valence-electron chi connectivity index (χ0n) is 17.7. The highest BCUT2D eigenvalue weighted by Gasteiger charge is 2.41. The molecule has 0 aliphatic heterocycles. The number of sulfonamides is 1. The SMILES string of the molecule is COC(=O)c1ccc(C(=O)OC)c(S(=O)(=O)N(Cc2ccc(C3CC3C)o2)C2CC2)c1. The number of esters is 2. The van der Waals surface area contributed by atoms with E-state index in [1.807, 2.05) is 6.07 Å². The van der Waals surface area contributed by atoms with E-state index >= 15 is 0 Å². The first-order valence-corrected chi connectivity index (χ1v) is 11.6. The first-order valence-electron chi connectivity index (χ1n) is 10.2. The summed E-state index contributed by atoms with van der Waals surface area (Å²) in [4.78, 5) is 24.0. The Hall–Kier alpha value is -2.65. The molecule has 8 nitrogen and oxygen atoms in total. The van der Waals surface area contributed by atoms with Crippen molar-refractivity contribution < 1.29 is 31.9 Å². The Labute approximate surface area is 181 Å². The van der Waals surface area contributed by atoms with E-state index in [0.29, 0.717) is 17.6 Å². The molecule has 0 spiro atoms. The maximum atomic E-state index is 13.7. The van der Waals surface area contributed by atoms with Crippen molar-refractivity contribution in [2.45, 2.75) is 49.6 Å². The fraction of sp³-hybridized carbons (Fsp3) is 0.455. The lowest BCUT2D eigenvalue weighted by Crippen LogP contribution is -2.33. The van der Waals surface area contributed by atoms with Crippen LogP contribution in [-0.2, 0) is 26.0 Å². The lowest BCUT2D eigenvalue weighted by molar-refractivity contribution is 0.0583. The second kappa shape index (κ2) is 8.12. The van der Waals surface area contributed by atoms with Crippen molar-refractivity contribution in [2.24, 2.45) is 5.92 Å². The third kappa shape index (κ3) is 4.24. The smallest absolute Gasteiger partial charge is 0.339 e. The number of rotatable bonds is 8. The van der Waals surface area contributed by atoms with Crippen LogP contribution in [-0.4, -0.2) is 44.9 Å². The summed E-state index contributed by atoms with van der Waals surface area (Å²) in [5.74, 6) is 0.897.